The van der Waals surface area contributed by atoms with E-state index >= 15 is 0 Å². The van der Waals surface area contributed by atoms with Crippen molar-refractivity contribution in [2.24, 2.45) is 0 Å². The maximum atomic E-state index is 11.3. The number of benzene rings is 1. The molecule has 92 valence electrons. The molecular formula is C13H16O4. The van der Waals surface area contributed by atoms with Crippen molar-refractivity contribution >= 4 is 5.78 Å². The van der Waals surface area contributed by atoms with Gasteiger partial charge in [-0.25, -0.2) is 0 Å². The third kappa shape index (κ3) is 2.84. The maximum Gasteiger partial charge on any atom is 0.184 e. The van der Waals surface area contributed by atoms with Crippen molar-refractivity contribution in [1.29, 1.82) is 0 Å². The van der Waals surface area contributed by atoms with Crippen LogP contribution in [-0.4, -0.2) is 25.6 Å². The summed E-state index contributed by atoms with van der Waals surface area (Å²) < 4.78 is 16.2. The van der Waals surface area contributed by atoms with E-state index in [2.05, 4.69) is 0 Å². The highest BCUT2D eigenvalue weighted by molar-refractivity contribution is 5.80. The fourth-order valence-corrected chi connectivity index (χ4v) is 1.77. The van der Waals surface area contributed by atoms with Gasteiger partial charge in [-0.3, -0.25) is 4.79 Å². The normalized spacial score (nSPS) is 24.4. The number of Topliss-reactive ketones (excluding diaryl/α,β-unsaturated/α-hetero) is 1. The van der Waals surface area contributed by atoms with Crippen LogP contribution in [0.15, 0.2) is 24.3 Å². The average molecular weight is 236 g/mol. The number of carbonyl (C=O) groups excluding carboxylic acids is 1. The molecule has 0 bridgehead atoms. The minimum Gasteiger partial charge on any atom is -0.497 e. The quantitative estimate of drug-likeness (QED) is 0.806. The Labute approximate surface area is 100 Å². The van der Waals surface area contributed by atoms with Gasteiger partial charge in [0.25, 0.3) is 0 Å². The van der Waals surface area contributed by atoms with Gasteiger partial charge in [0.1, 0.15) is 11.9 Å². The molecule has 4 heteroatoms. The van der Waals surface area contributed by atoms with E-state index in [1.807, 2.05) is 24.3 Å². The lowest BCUT2D eigenvalue weighted by molar-refractivity contribution is -0.215. The molecule has 1 fully saturated rings. The minimum atomic E-state index is -0.455. The van der Waals surface area contributed by atoms with Gasteiger partial charge in [-0.1, -0.05) is 12.1 Å². The molecule has 1 aromatic rings. The Morgan fingerprint density at radius 1 is 1.35 bits per heavy atom. The van der Waals surface area contributed by atoms with Gasteiger partial charge in [-0.2, -0.15) is 0 Å². The van der Waals surface area contributed by atoms with E-state index in [1.54, 1.807) is 14.0 Å². The van der Waals surface area contributed by atoms with Gasteiger partial charge in [-0.05, 0) is 19.1 Å². The summed E-state index contributed by atoms with van der Waals surface area (Å²) in [6, 6.07) is 7.46. The van der Waals surface area contributed by atoms with E-state index in [4.69, 9.17) is 14.2 Å². The Balaban J connectivity index is 2.08. The molecule has 0 aliphatic carbocycles. The highest BCUT2D eigenvalue weighted by Gasteiger charge is 2.26. The molecule has 1 heterocycles. The van der Waals surface area contributed by atoms with Gasteiger partial charge in [0, 0.05) is 12.0 Å². The summed E-state index contributed by atoms with van der Waals surface area (Å²) in [6.07, 6.45) is -0.179. The first-order valence-electron chi connectivity index (χ1n) is 5.62. The molecule has 2 atom stereocenters. The van der Waals surface area contributed by atoms with Crippen molar-refractivity contribution in [3.05, 3.63) is 29.8 Å². The first-order valence-corrected chi connectivity index (χ1v) is 5.62. The van der Waals surface area contributed by atoms with Crippen molar-refractivity contribution in [1.82, 2.24) is 0 Å². The molecular weight excluding hydrogens is 220 g/mol. The lowest BCUT2D eigenvalue weighted by Gasteiger charge is -2.29. The number of ether oxygens (including phenoxy) is 3. The molecule has 1 aliphatic heterocycles. The Kier molecular flexibility index (Phi) is 3.76. The summed E-state index contributed by atoms with van der Waals surface area (Å²) in [5.41, 5.74) is 0.900. The molecule has 1 aromatic carbocycles. The van der Waals surface area contributed by atoms with Crippen molar-refractivity contribution in [2.45, 2.75) is 25.7 Å². The summed E-state index contributed by atoms with van der Waals surface area (Å²) in [5.74, 6) is 0.833. The van der Waals surface area contributed by atoms with Crippen LogP contribution >= 0.6 is 0 Å². The molecule has 17 heavy (non-hydrogen) atoms. The second-order valence-electron chi connectivity index (χ2n) is 4.00. The lowest BCUT2D eigenvalue weighted by Crippen LogP contribution is -2.31. The summed E-state index contributed by atoms with van der Waals surface area (Å²) in [6.45, 7) is 2.09. The molecule has 0 radical (unpaired) electrons. The molecule has 0 saturated carbocycles. The van der Waals surface area contributed by atoms with E-state index in [-0.39, 0.29) is 11.9 Å². The molecule has 2 rings (SSSR count). The largest absolute Gasteiger partial charge is 0.497 e. The molecule has 2 unspecified atom stereocenters. The molecule has 1 aliphatic rings. The van der Waals surface area contributed by atoms with Crippen LogP contribution in [-0.2, 0) is 14.3 Å². The topological polar surface area (TPSA) is 44.8 Å². The van der Waals surface area contributed by atoms with Crippen molar-refractivity contribution in [3.8, 4) is 5.75 Å². The third-order valence-electron chi connectivity index (χ3n) is 2.78. The number of ketones is 1. The predicted octanol–water partition coefficient (Wildman–Crippen LogP) is 2.09. The summed E-state index contributed by atoms with van der Waals surface area (Å²) >= 11 is 0. The SMILES string of the molecule is COc1ccc(C2OCCC(C(C)=O)O2)cc1. The zero-order valence-electron chi connectivity index (χ0n) is 10.0. The Morgan fingerprint density at radius 3 is 2.65 bits per heavy atom. The van der Waals surface area contributed by atoms with E-state index in [9.17, 15) is 4.79 Å². The molecule has 1 saturated heterocycles. The zero-order chi connectivity index (χ0) is 12.3. The molecule has 0 spiro atoms. The second-order valence-corrected chi connectivity index (χ2v) is 4.00. The van der Waals surface area contributed by atoms with Crippen molar-refractivity contribution < 1.29 is 19.0 Å². The van der Waals surface area contributed by atoms with Crippen LogP contribution < -0.4 is 4.74 Å². The number of hydrogen-bond acceptors (Lipinski definition) is 4. The maximum absolute atomic E-state index is 11.3. The van der Waals surface area contributed by atoms with Gasteiger partial charge < -0.3 is 14.2 Å². The monoisotopic (exact) mass is 236 g/mol. The molecule has 0 aromatic heterocycles. The van der Waals surface area contributed by atoms with Crippen LogP contribution in [0, 0.1) is 0 Å². The van der Waals surface area contributed by atoms with E-state index in [0.29, 0.717) is 13.0 Å². The minimum absolute atomic E-state index is 0.0480. The van der Waals surface area contributed by atoms with Gasteiger partial charge in [0.2, 0.25) is 0 Å². The average Bonchev–Trinajstić information content (AvgIpc) is 2.39. The fourth-order valence-electron chi connectivity index (χ4n) is 1.77. The van der Waals surface area contributed by atoms with Gasteiger partial charge in [-0.15, -0.1) is 0 Å². The van der Waals surface area contributed by atoms with E-state index < -0.39 is 6.29 Å². The van der Waals surface area contributed by atoms with Gasteiger partial charge in [0.15, 0.2) is 12.1 Å². The standard InChI is InChI=1S/C13H16O4/c1-9(14)12-7-8-16-13(17-12)10-3-5-11(15-2)6-4-10/h3-6,12-13H,7-8H2,1-2H3. The Hall–Kier alpha value is -1.39. The summed E-state index contributed by atoms with van der Waals surface area (Å²) in [4.78, 5) is 11.3. The summed E-state index contributed by atoms with van der Waals surface area (Å²) in [5, 5.41) is 0. The number of hydrogen-bond donors (Lipinski definition) is 0. The lowest BCUT2D eigenvalue weighted by atomic mass is 10.1. The Bertz CT molecular complexity index is 385. The molecule has 4 nitrogen and oxygen atoms in total. The van der Waals surface area contributed by atoms with Crippen LogP contribution in [0.25, 0.3) is 0 Å². The first-order chi connectivity index (χ1) is 8.20. The molecule has 0 N–H and O–H groups in total. The second kappa shape index (κ2) is 5.29. The van der Waals surface area contributed by atoms with Crippen LogP contribution in [0.4, 0.5) is 0 Å². The number of methoxy groups -OCH3 is 1. The number of rotatable bonds is 3. The van der Waals surface area contributed by atoms with Gasteiger partial charge >= 0.3 is 0 Å². The smallest absolute Gasteiger partial charge is 0.184 e. The third-order valence-corrected chi connectivity index (χ3v) is 2.78. The highest BCUT2D eigenvalue weighted by Crippen LogP contribution is 2.27. The zero-order valence-corrected chi connectivity index (χ0v) is 10.0. The fraction of sp³-hybridized carbons (Fsp3) is 0.462. The number of carbonyl (C=O) groups is 1. The van der Waals surface area contributed by atoms with E-state index in [0.717, 1.165) is 11.3 Å². The summed E-state index contributed by atoms with van der Waals surface area (Å²) in [7, 11) is 1.62. The Morgan fingerprint density at radius 2 is 2.06 bits per heavy atom. The molecule has 0 amide bonds. The highest BCUT2D eigenvalue weighted by atomic mass is 16.7. The van der Waals surface area contributed by atoms with Crippen LogP contribution in [0.2, 0.25) is 0 Å². The predicted molar refractivity (Wildman–Crippen MR) is 61.9 cm³/mol. The van der Waals surface area contributed by atoms with E-state index in [1.165, 1.54) is 0 Å². The van der Waals surface area contributed by atoms with Gasteiger partial charge in [0.05, 0.1) is 13.7 Å². The van der Waals surface area contributed by atoms with Crippen molar-refractivity contribution in [2.75, 3.05) is 13.7 Å². The van der Waals surface area contributed by atoms with Crippen LogP contribution in [0.1, 0.15) is 25.2 Å². The first kappa shape index (κ1) is 12.1. The van der Waals surface area contributed by atoms with Crippen LogP contribution in [0.5, 0.6) is 5.75 Å². The van der Waals surface area contributed by atoms with Crippen molar-refractivity contribution in [3.63, 3.8) is 0 Å². The van der Waals surface area contributed by atoms with Crippen LogP contribution in [0.3, 0.4) is 0 Å².